The SMILES string of the molecule is CC(c1ccccc1Cl)N(C)CC#N. The monoisotopic (exact) mass is 208 g/mol. The van der Waals surface area contributed by atoms with Gasteiger partial charge in [0.15, 0.2) is 0 Å². The molecule has 1 aromatic rings. The van der Waals surface area contributed by atoms with Gasteiger partial charge in [-0.3, -0.25) is 4.90 Å². The maximum atomic E-state index is 8.58. The van der Waals surface area contributed by atoms with E-state index in [4.69, 9.17) is 16.9 Å². The number of hydrogen-bond donors (Lipinski definition) is 0. The zero-order chi connectivity index (χ0) is 10.6. The van der Waals surface area contributed by atoms with E-state index in [1.165, 1.54) is 0 Å². The Kier molecular flexibility index (Phi) is 3.94. The molecule has 14 heavy (non-hydrogen) atoms. The Morgan fingerprint density at radius 2 is 2.14 bits per heavy atom. The zero-order valence-corrected chi connectivity index (χ0v) is 9.12. The fourth-order valence-electron chi connectivity index (χ4n) is 1.30. The van der Waals surface area contributed by atoms with E-state index in [9.17, 15) is 0 Å². The van der Waals surface area contributed by atoms with Crippen LogP contribution < -0.4 is 0 Å². The first-order chi connectivity index (χ1) is 6.66. The van der Waals surface area contributed by atoms with Crippen LogP contribution in [0.5, 0.6) is 0 Å². The predicted octanol–water partition coefficient (Wildman–Crippen LogP) is 2.86. The highest BCUT2D eigenvalue weighted by Gasteiger charge is 2.13. The first kappa shape index (κ1) is 11.0. The van der Waals surface area contributed by atoms with Gasteiger partial charge in [0.2, 0.25) is 0 Å². The van der Waals surface area contributed by atoms with Gasteiger partial charge in [-0.15, -0.1) is 0 Å². The van der Waals surface area contributed by atoms with Gasteiger partial charge < -0.3 is 0 Å². The molecule has 0 aliphatic rings. The Labute approximate surface area is 89.7 Å². The minimum atomic E-state index is 0.170. The van der Waals surface area contributed by atoms with Gasteiger partial charge >= 0.3 is 0 Å². The summed E-state index contributed by atoms with van der Waals surface area (Å²) in [6.07, 6.45) is 0. The van der Waals surface area contributed by atoms with E-state index in [1.807, 2.05) is 43.1 Å². The molecule has 0 saturated heterocycles. The fourth-order valence-corrected chi connectivity index (χ4v) is 1.59. The lowest BCUT2D eigenvalue weighted by molar-refractivity contribution is 0.293. The Morgan fingerprint density at radius 1 is 1.50 bits per heavy atom. The average Bonchev–Trinajstić information content (AvgIpc) is 2.18. The fraction of sp³-hybridized carbons (Fsp3) is 0.364. The highest BCUT2D eigenvalue weighted by atomic mass is 35.5. The second-order valence-corrected chi connectivity index (χ2v) is 3.68. The lowest BCUT2D eigenvalue weighted by Crippen LogP contribution is -2.22. The normalized spacial score (nSPS) is 12.5. The molecule has 2 nitrogen and oxygen atoms in total. The third-order valence-corrected chi connectivity index (χ3v) is 2.68. The molecule has 0 heterocycles. The summed E-state index contributed by atoms with van der Waals surface area (Å²) >= 11 is 6.05. The second kappa shape index (κ2) is 4.99. The third kappa shape index (κ3) is 2.47. The molecule has 0 fully saturated rings. The molecule has 74 valence electrons. The summed E-state index contributed by atoms with van der Waals surface area (Å²) in [6, 6.07) is 10.0. The standard InChI is InChI=1S/C11H13ClN2/c1-9(14(2)8-7-13)10-5-3-4-6-11(10)12/h3-6,9H,8H2,1-2H3. The highest BCUT2D eigenvalue weighted by molar-refractivity contribution is 6.31. The average molecular weight is 209 g/mol. The van der Waals surface area contributed by atoms with Crippen molar-refractivity contribution in [2.24, 2.45) is 0 Å². The molecule has 0 amide bonds. The summed E-state index contributed by atoms with van der Waals surface area (Å²) in [5.74, 6) is 0. The smallest absolute Gasteiger partial charge is 0.0868 e. The lowest BCUT2D eigenvalue weighted by atomic mass is 10.1. The molecule has 1 unspecified atom stereocenters. The number of rotatable bonds is 3. The van der Waals surface area contributed by atoms with Crippen LogP contribution in [0.15, 0.2) is 24.3 Å². The summed E-state index contributed by atoms with van der Waals surface area (Å²) in [5, 5.41) is 9.33. The van der Waals surface area contributed by atoms with Gasteiger partial charge in [-0.2, -0.15) is 5.26 Å². The number of halogens is 1. The van der Waals surface area contributed by atoms with Gasteiger partial charge in [0.1, 0.15) is 0 Å². The van der Waals surface area contributed by atoms with Crippen molar-refractivity contribution in [2.75, 3.05) is 13.6 Å². The van der Waals surface area contributed by atoms with Crippen molar-refractivity contribution in [2.45, 2.75) is 13.0 Å². The summed E-state index contributed by atoms with van der Waals surface area (Å²) < 4.78 is 0. The Hall–Kier alpha value is -1.04. The molecule has 1 atom stereocenters. The minimum absolute atomic E-state index is 0.170. The van der Waals surface area contributed by atoms with Crippen LogP contribution in [0.4, 0.5) is 0 Å². The topological polar surface area (TPSA) is 27.0 Å². The quantitative estimate of drug-likeness (QED) is 0.715. The van der Waals surface area contributed by atoms with Crippen LogP contribution in [0, 0.1) is 11.3 Å². The van der Waals surface area contributed by atoms with Crippen LogP contribution in [-0.4, -0.2) is 18.5 Å². The van der Waals surface area contributed by atoms with Crippen LogP contribution >= 0.6 is 11.6 Å². The van der Waals surface area contributed by atoms with Crippen LogP contribution in [0.25, 0.3) is 0 Å². The van der Waals surface area contributed by atoms with Gasteiger partial charge in [-0.25, -0.2) is 0 Å². The van der Waals surface area contributed by atoms with Crippen molar-refractivity contribution in [3.05, 3.63) is 34.9 Å². The molecule has 1 rings (SSSR count). The lowest BCUT2D eigenvalue weighted by Gasteiger charge is -2.22. The van der Waals surface area contributed by atoms with E-state index in [-0.39, 0.29) is 6.04 Å². The molecule has 1 aromatic carbocycles. The molecule has 0 aliphatic heterocycles. The molecule has 0 N–H and O–H groups in total. The second-order valence-electron chi connectivity index (χ2n) is 3.27. The largest absolute Gasteiger partial charge is 0.287 e. The van der Waals surface area contributed by atoms with Crippen molar-refractivity contribution in [3.8, 4) is 6.07 Å². The maximum absolute atomic E-state index is 8.58. The van der Waals surface area contributed by atoms with E-state index in [1.54, 1.807) is 0 Å². The molecule has 0 radical (unpaired) electrons. The molecule has 3 heteroatoms. The van der Waals surface area contributed by atoms with Crippen molar-refractivity contribution >= 4 is 11.6 Å². The van der Waals surface area contributed by atoms with Crippen molar-refractivity contribution in [1.82, 2.24) is 4.90 Å². The highest BCUT2D eigenvalue weighted by Crippen LogP contribution is 2.25. The maximum Gasteiger partial charge on any atom is 0.0868 e. The first-order valence-corrected chi connectivity index (χ1v) is 4.86. The van der Waals surface area contributed by atoms with Gasteiger partial charge in [0.05, 0.1) is 12.6 Å². The molecule has 0 aliphatic carbocycles. The van der Waals surface area contributed by atoms with E-state index < -0.39 is 0 Å². The third-order valence-electron chi connectivity index (χ3n) is 2.34. The van der Waals surface area contributed by atoms with E-state index in [2.05, 4.69) is 6.07 Å². The van der Waals surface area contributed by atoms with Crippen molar-refractivity contribution < 1.29 is 0 Å². The summed E-state index contributed by atoms with van der Waals surface area (Å²) in [7, 11) is 1.91. The molecule has 0 saturated carbocycles. The zero-order valence-electron chi connectivity index (χ0n) is 8.37. The van der Waals surface area contributed by atoms with Crippen LogP contribution in [0.1, 0.15) is 18.5 Å². The van der Waals surface area contributed by atoms with Gasteiger partial charge in [-0.1, -0.05) is 29.8 Å². The Bertz CT molecular complexity index is 343. The van der Waals surface area contributed by atoms with Crippen LogP contribution in [0.3, 0.4) is 0 Å². The summed E-state index contributed by atoms with van der Waals surface area (Å²) in [6.45, 7) is 2.45. The number of nitriles is 1. The van der Waals surface area contributed by atoms with Gasteiger partial charge in [-0.05, 0) is 25.6 Å². The number of nitrogens with zero attached hydrogens (tertiary/aromatic N) is 2. The first-order valence-electron chi connectivity index (χ1n) is 4.48. The molecular formula is C11H13ClN2. The predicted molar refractivity (Wildman–Crippen MR) is 58.1 cm³/mol. The Morgan fingerprint density at radius 3 is 2.71 bits per heavy atom. The molecule has 0 spiro atoms. The van der Waals surface area contributed by atoms with Crippen LogP contribution in [-0.2, 0) is 0 Å². The van der Waals surface area contributed by atoms with Gasteiger partial charge in [0, 0.05) is 11.1 Å². The minimum Gasteiger partial charge on any atom is -0.287 e. The van der Waals surface area contributed by atoms with E-state index >= 15 is 0 Å². The number of hydrogen-bond acceptors (Lipinski definition) is 2. The van der Waals surface area contributed by atoms with Crippen molar-refractivity contribution in [1.29, 1.82) is 5.26 Å². The Balaban J connectivity index is 2.84. The van der Waals surface area contributed by atoms with Crippen LogP contribution in [0.2, 0.25) is 5.02 Å². The van der Waals surface area contributed by atoms with Crippen molar-refractivity contribution in [3.63, 3.8) is 0 Å². The molecule has 0 aromatic heterocycles. The van der Waals surface area contributed by atoms with Gasteiger partial charge in [0.25, 0.3) is 0 Å². The number of benzene rings is 1. The van der Waals surface area contributed by atoms with E-state index in [0.717, 1.165) is 10.6 Å². The van der Waals surface area contributed by atoms with E-state index in [0.29, 0.717) is 6.54 Å². The summed E-state index contributed by atoms with van der Waals surface area (Å²) in [5.41, 5.74) is 1.06. The molecule has 0 bridgehead atoms. The summed E-state index contributed by atoms with van der Waals surface area (Å²) in [4.78, 5) is 1.96. The molecular weight excluding hydrogens is 196 g/mol.